The van der Waals surface area contributed by atoms with Crippen molar-refractivity contribution in [3.05, 3.63) is 36.7 Å². The third kappa shape index (κ3) is 1.66. The molecule has 86 valence electrons. The van der Waals surface area contributed by atoms with Crippen molar-refractivity contribution >= 4 is 22.4 Å². The first-order chi connectivity index (χ1) is 8.25. The molecule has 4 heteroatoms. The van der Waals surface area contributed by atoms with Gasteiger partial charge in [0.25, 0.3) is 0 Å². The molecule has 0 saturated carbocycles. The number of nitrogens with zero attached hydrogens (tertiary/aromatic N) is 2. The monoisotopic (exact) mass is 228 g/mol. The number of carbonyl (C=O) groups is 1. The van der Waals surface area contributed by atoms with Gasteiger partial charge < -0.3 is 10.0 Å². The Balaban J connectivity index is 2.14. The van der Waals surface area contributed by atoms with Crippen LogP contribution in [0.5, 0.6) is 0 Å². The first-order valence-corrected chi connectivity index (χ1v) is 5.57. The Hall–Kier alpha value is -1.94. The first kappa shape index (κ1) is 10.2. The van der Waals surface area contributed by atoms with E-state index in [-0.39, 0.29) is 12.3 Å². The van der Waals surface area contributed by atoms with E-state index in [4.69, 9.17) is 0 Å². The van der Waals surface area contributed by atoms with Crippen molar-refractivity contribution in [1.29, 1.82) is 0 Å². The van der Waals surface area contributed by atoms with Crippen LogP contribution in [0.3, 0.4) is 0 Å². The number of anilines is 1. The molecule has 1 aromatic carbocycles. The van der Waals surface area contributed by atoms with Crippen molar-refractivity contribution in [2.24, 2.45) is 0 Å². The highest BCUT2D eigenvalue weighted by Crippen LogP contribution is 2.29. The van der Waals surface area contributed by atoms with E-state index in [1.165, 1.54) is 0 Å². The van der Waals surface area contributed by atoms with E-state index in [0.29, 0.717) is 6.54 Å². The van der Waals surface area contributed by atoms with Crippen LogP contribution in [0.15, 0.2) is 36.7 Å². The summed E-state index contributed by atoms with van der Waals surface area (Å²) in [6.07, 6.45) is 3.13. The Kier molecular flexibility index (Phi) is 2.30. The molecule has 1 saturated heterocycles. The average Bonchev–Trinajstić information content (AvgIpc) is 2.68. The van der Waals surface area contributed by atoms with Crippen molar-refractivity contribution in [2.45, 2.75) is 12.5 Å². The van der Waals surface area contributed by atoms with E-state index in [0.717, 1.165) is 16.5 Å². The Morgan fingerprint density at radius 1 is 1.35 bits per heavy atom. The summed E-state index contributed by atoms with van der Waals surface area (Å²) in [4.78, 5) is 17.5. The number of aliphatic hydroxyl groups is 1. The first-order valence-electron chi connectivity index (χ1n) is 5.57. The number of β-amino-alcohol motifs (C(OH)–C–C–N with tert-alkyl or cyclic N) is 1. The van der Waals surface area contributed by atoms with Crippen LogP contribution in [-0.4, -0.2) is 28.6 Å². The lowest BCUT2D eigenvalue weighted by atomic mass is 10.1. The van der Waals surface area contributed by atoms with Crippen LogP contribution in [0.1, 0.15) is 6.42 Å². The number of benzene rings is 1. The third-order valence-corrected chi connectivity index (χ3v) is 3.06. The molecule has 2 heterocycles. The number of aliphatic hydroxyl groups excluding tert-OH is 1. The minimum atomic E-state index is -0.561. The molecule has 1 aromatic heterocycles. The zero-order valence-electron chi connectivity index (χ0n) is 9.21. The maximum atomic E-state index is 11.8. The maximum Gasteiger partial charge on any atom is 0.229 e. The van der Waals surface area contributed by atoms with Gasteiger partial charge in [-0.2, -0.15) is 0 Å². The van der Waals surface area contributed by atoms with Crippen LogP contribution in [-0.2, 0) is 4.79 Å². The number of aromatic nitrogens is 1. The smallest absolute Gasteiger partial charge is 0.229 e. The summed E-state index contributed by atoms with van der Waals surface area (Å²) in [7, 11) is 0. The lowest BCUT2D eigenvalue weighted by Crippen LogP contribution is -2.25. The molecular formula is C13H12N2O2. The highest BCUT2D eigenvalue weighted by Gasteiger charge is 2.29. The molecule has 17 heavy (non-hydrogen) atoms. The van der Waals surface area contributed by atoms with Gasteiger partial charge in [0.15, 0.2) is 0 Å². The molecule has 3 rings (SSSR count). The summed E-state index contributed by atoms with van der Waals surface area (Å²) < 4.78 is 0. The van der Waals surface area contributed by atoms with Crippen LogP contribution in [0.2, 0.25) is 0 Å². The van der Waals surface area contributed by atoms with Crippen molar-refractivity contribution < 1.29 is 9.90 Å². The van der Waals surface area contributed by atoms with Crippen molar-refractivity contribution in [1.82, 2.24) is 4.98 Å². The Bertz CT molecular complexity index is 577. The van der Waals surface area contributed by atoms with E-state index in [2.05, 4.69) is 4.98 Å². The van der Waals surface area contributed by atoms with Gasteiger partial charge in [-0.1, -0.05) is 12.1 Å². The van der Waals surface area contributed by atoms with E-state index < -0.39 is 6.10 Å². The van der Waals surface area contributed by atoms with Gasteiger partial charge in [-0.25, -0.2) is 0 Å². The Morgan fingerprint density at radius 2 is 2.24 bits per heavy atom. The van der Waals surface area contributed by atoms with E-state index in [1.807, 2.05) is 24.3 Å². The second-order valence-corrected chi connectivity index (χ2v) is 4.24. The highest BCUT2D eigenvalue weighted by molar-refractivity contribution is 6.04. The van der Waals surface area contributed by atoms with Crippen LogP contribution in [0.25, 0.3) is 10.8 Å². The fourth-order valence-corrected chi connectivity index (χ4v) is 2.25. The molecule has 1 atom stereocenters. The van der Waals surface area contributed by atoms with Gasteiger partial charge in [-0.05, 0) is 17.5 Å². The van der Waals surface area contributed by atoms with Gasteiger partial charge in [-0.15, -0.1) is 0 Å². The van der Waals surface area contributed by atoms with Gasteiger partial charge in [0.1, 0.15) is 0 Å². The molecule has 1 amide bonds. The molecule has 4 nitrogen and oxygen atoms in total. The maximum absolute atomic E-state index is 11.8. The fraction of sp³-hybridized carbons (Fsp3) is 0.231. The highest BCUT2D eigenvalue weighted by atomic mass is 16.3. The largest absolute Gasteiger partial charge is 0.391 e. The second-order valence-electron chi connectivity index (χ2n) is 4.24. The molecule has 1 aliphatic heterocycles. The summed E-state index contributed by atoms with van der Waals surface area (Å²) in [6, 6.07) is 7.70. The zero-order valence-corrected chi connectivity index (χ0v) is 9.21. The molecule has 2 aromatic rings. The summed E-state index contributed by atoms with van der Waals surface area (Å²) in [5, 5.41) is 11.5. The predicted molar refractivity (Wildman–Crippen MR) is 64.7 cm³/mol. The molecule has 1 fully saturated rings. The third-order valence-electron chi connectivity index (χ3n) is 3.06. The van der Waals surface area contributed by atoms with Gasteiger partial charge in [0.05, 0.1) is 24.8 Å². The number of rotatable bonds is 1. The normalized spacial score (nSPS) is 20.2. The van der Waals surface area contributed by atoms with Crippen molar-refractivity contribution in [3.8, 4) is 0 Å². The van der Waals surface area contributed by atoms with Gasteiger partial charge in [-0.3, -0.25) is 9.78 Å². The van der Waals surface area contributed by atoms with Crippen LogP contribution >= 0.6 is 0 Å². The fourth-order valence-electron chi connectivity index (χ4n) is 2.25. The number of hydrogen-bond donors (Lipinski definition) is 1. The number of fused-ring (bicyclic) bond motifs is 1. The number of pyridine rings is 1. The average molecular weight is 228 g/mol. The lowest BCUT2D eigenvalue weighted by Gasteiger charge is -2.17. The molecular weight excluding hydrogens is 216 g/mol. The van der Waals surface area contributed by atoms with Crippen molar-refractivity contribution in [2.75, 3.05) is 11.4 Å². The van der Waals surface area contributed by atoms with Gasteiger partial charge in [0.2, 0.25) is 5.91 Å². The number of hydrogen-bond acceptors (Lipinski definition) is 3. The molecule has 0 spiro atoms. The number of carbonyl (C=O) groups excluding carboxylic acids is 1. The summed E-state index contributed by atoms with van der Waals surface area (Å²) >= 11 is 0. The summed E-state index contributed by atoms with van der Waals surface area (Å²) in [5.74, 6) is -0.0335. The minimum Gasteiger partial charge on any atom is -0.391 e. The molecule has 1 N–H and O–H groups in total. The summed E-state index contributed by atoms with van der Waals surface area (Å²) in [6.45, 7) is 0.368. The molecule has 0 radical (unpaired) electrons. The predicted octanol–water partition coefficient (Wildman–Crippen LogP) is 1.33. The van der Waals surface area contributed by atoms with E-state index in [9.17, 15) is 9.90 Å². The topological polar surface area (TPSA) is 53.4 Å². The lowest BCUT2D eigenvalue weighted by molar-refractivity contribution is -0.117. The summed E-state index contributed by atoms with van der Waals surface area (Å²) in [5.41, 5.74) is 0.831. The quantitative estimate of drug-likeness (QED) is 0.801. The molecule has 0 bridgehead atoms. The van der Waals surface area contributed by atoms with Gasteiger partial charge in [0, 0.05) is 17.8 Å². The van der Waals surface area contributed by atoms with E-state index in [1.54, 1.807) is 17.3 Å². The van der Waals surface area contributed by atoms with Crippen LogP contribution in [0, 0.1) is 0 Å². The standard InChI is InChI=1S/C13H12N2O2/c16-10-6-13(17)15(8-10)12-3-1-2-9-4-5-14-7-11(9)12/h1-5,7,10,16H,6,8H2. The van der Waals surface area contributed by atoms with Crippen LogP contribution < -0.4 is 4.90 Å². The molecule has 1 aliphatic rings. The Labute approximate surface area is 98.5 Å². The Morgan fingerprint density at radius 3 is 3.00 bits per heavy atom. The number of amides is 1. The van der Waals surface area contributed by atoms with Gasteiger partial charge >= 0.3 is 0 Å². The second kappa shape index (κ2) is 3.82. The SMILES string of the molecule is O=C1CC(O)CN1c1cccc2ccncc12. The minimum absolute atomic E-state index is 0.0335. The van der Waals surface area contributed by atoms with E-state index >= 15 is 0 Å². The molecule has 0 aliphatic carbocycles. The van der Waals surface area contributed by atoms with Crippen molar-refractivity contribution in [3.63, 3.8) is 0 Å². The molecule has 1 unspecified atom stereocenters. The zero-order chi connectivity index (χ0) is 11.8. The van der Waals surface area contributed by atoms with Crippen LogP contribution in [0.4, 0.5) is 5.69 Å².